The summed E-state index contributed by atoms with van der Waals surface area (Å²) in [6.07, 6.45) is 0. The van der Waals surface area contributed by atoms with Crippen LogP contribution in [0.2, 0.25) is 5.02 Å². The normalized spacial score (nSPS) is 11.8. The summed E-state index contributed by atoms with van der Waals surface area (Å²) in [7, 11) is 0. The van der Waals surface area contributed by atoms with Crippen molar-refractivity contribution in [1.82, 2.24) is 20.2 Å². The van der Waals surface area contributed by atoms with E-state index in [-0.39, 0.29) is 5.41 Å². The van der Waals surface area contributed by atoms with Gasteiger partial charge >= 0.3 is 0 Å². The minimum atomic E-state index is 0.0803. The Bertz CT molecular complexity index is 556. The summed E-state index contributed by atoms with van der Waals surface area (Å²) in [5, 5.41) is 12.2. The van der Waals surface area contributed by atoms with E-state index in [4.69, 9.17) is 17.3 Å². The zero-order chi connectivity index (χ0) is 13.3. The third-order valence-corrected chi connectivity index (χ3v) is 2.85. The Morgan fingerprint density at radius 3 is 2.72 bits per heavy atom. The minimum absolute atomic E-state index is 0.0803. The van der Waals surface area contributed by atoms with E-state index in [1.165, 1.54) is 0 Å². The molecule has 1 aromatic carbocycles. The molecule has 96 valence electrons. The van der Waals surface area contributed by atoms with E-state index in [1.54, 1.807) is 10.7 Å². The first-order valence-electron chi connectivity index (χ1n) is 5.69. The first-order chi connectivity index (χ1) is 8.38. The van der Waals surface area contributed by atoms with Crippen LogP contribution in [0, 0.1) is 5.41 Å². The van der Waals surface area contributed by atoms with Gasteiger partial charge in [-0.15, -0.1) is 5.10 Å². The molecular weight excluding hydrogens is 250 g/mol. The lowest BCUT2D eigenvalue weighted by Crippen LogP contribution is -2.17. The van der Waals surface area contributed by atoms with Crippen molar-refractivity contribution in [3.8, 4) is 11.4 Å². The van der Waals surface area contributed by atoms with Gasteiger partial charge in [-0.3, -0.25) is 0 Å². The maximum Gasteiger partial charge on any atom is 0.183 e. The molecule has 0 aliphatic carbocycles. The zero-order valence-corrected chi connectivity index (χ0v) is 11.4. The summed E-state index contributed by atoms with van der Waals surface area (Å²) >= 11 is 6.19. The zero-order valence-electron chi connectivity index (χ0n) is 10.7. The molecule has 2 rings (SSSR count). The van der Waals surface area contributed by atoms with Crippen LogP contribution in [0.15, 0.2) is 18.2 Å². The van der Waals surface area contributed by atoms with E-state index < -0.39 is 0 Å². The number of anilines is 1. The highest BCUT2D eigenvalue weighted by Gasteiger charge is 2.18. The van der Waals surface area contributed by atoms with Crippen molar-refractivity contribution in [3.63, 3.8) is 0 Å². The molecular formula is C12H16ClN5. The largest absolute Gasteiger partial charge is 0.398 e. The average Bonchev–Trinajstić information content (AvgIpc) is 2.67. The molecule has 1 heterocycles. The molecule has 0 fully saturated rings. The number of hydrogen-bond acceptors (Lipinski definition) is 4. The summed E-state index contributed by atoms with van der Waals surface area (Å²) in [5.74, 6) is 0.641. The van der Waals surface area contributed by atoms with Gasteiger partial charge in [0.2, 0.25) is 0 Å². The summed E-state index contributed by atoms with van der Waals surface area (Å²) in [5.41, 5.74) is 7.16. The molecule has 0 bridgehead atoms. The fourth-order valence-corrected chi connectivity index (χ4v) is 1.89. The smallest absolute Gasteiger partial charge is 0.183 e. The van der Waals surface area contributed by atoms with Gasteiger partial charge < -0.3 is 5.73 Å². The first kappa shape index (κ1) is 12.8. The molecule has 0 amide bonds. The Morgan fingerprint density at radius 2 is 2.06 bits per heavy atom. The summed E-state index contributed by atoms with van der Waals surface area (Å²) in [6, 6.07) is 5.46. The maximum absolute atomic E-state index is 6.19. The number of tetrazole rings is 1. The van der Waals surface area contributed by atoms with Gasteiger partial charge in [0.15, 0.2) is 5.82 Å². The topological polar surface area (TPSA) is 69.6 Å². The molecule has 0 spiro atoms. The number of nitrogens with zero attached hydrogens (tertiary/aromatic N) is 4. The van der Waals surface area contributed by atoms with E-state index in [9.17, 15) is 0 Å². The molecule has 0 saturated heterocycles. The van der Waals surface area contributed by atoms with Gasteiger partial charge in [0.1, 0.15) is 0 Å². The van der Waals surface area contributed by atoms with Crippen molar-refractivity contribution in [2.45, 2.75) is 27.3 Å². The van der Waals surface area contributed by atoms with E-state index >= 15 is 0 Å². The highest BCUT2D eigenvalue weighted by Crippen LogP contribution is 2.31. The second kappa shape index (κ2) is 4.57. The van der Waals surface area contributed by atoms with Crippen LogP contribution in [0.25, 0.3) is 11.4 Å². The summed E-state index contributed by atoms with van der Waals surface area (Å²) in [4.78, 5) is 0. The predicted molar refractivity (Wildman–Crippen MR) is 72.1 cm³/mol. The number of nitrogens with two attached hydrogens (primary N) is 1. The SMILES string of the molecule is CC(C)(C)Cn1nnnc1-c1cccc(N)c1Cl. The van der Waals surface area contributed by atoms with Crippen LogP contribution >= 0.6 is 11.6 Å². The van der Waals surface area contributed by atoms with Crippen LogP contribution in [0.5, 0.6) is 0 Å². The minimum Gasteiger partial charge on any atom is -0.398 e. The summed E-state index contributed by atoms with van der Waals surface area (Å²) < 4.78 is 1.75. The highest BCUT2D eigenvalue weighted by molar-refractivity contribution is 6.35. The fourth-order valence-electron chi connectivity index (χ4n) is 1.68. The highest BCUT2D eigenvalue weighted by atomic mass is 35.5. The van der Waals surface area contributed by atoms with E-state index in [0.29, 0.717) is 23.1 Å². The number of hydrogen-bond donors (Lipinski definition) is 1. The maximum atomic E-state index is 6.19. The third-order valence-electron chi connectivity index (χ3n) is 2.43. The quantitative estimate of drug-likeness (QED) is 0.848. The van der Waals surface area contributed by atoms with Crippen LogP contribution in [0.1, 0.15) is 20.8 Å². The first-order valence-corrected chi connectivity index (χ1v) is 6.07. The van der Waals surface area contributed by atoms with Gasteiger partial charge in [-0.05, 0) is 28.0 Å². The Morgan fingerprint density at radius 1 is 1.33 bits per heavy atom. The van der Waals surface area contributed by atoms with Crippen molar-refractivity contribution < 1.29 is 0 Å². The Kier molecular flexibility index (Phi) is 3.26. The molecule has 0 unspecified atom stereocenters. The summed E-state index contributed by atoms with van der Waals surface area (Å²) in [6.45, 7) is 7.08. The molecule has 18 heavy (non-hydrogen) atoms. The molecule has 0 atom stereocenters. The standard InChI is InChI=1S/C12H16ClN5/c1-12(2,3)7-18-11(15-16-17-18)8-5-4-6-9(14)10(8)13/h4-6H,7,14H2,1-3H3. The number of halogens is 1. The molecule has 2 N–H and O–H groups in total. The van der Waals surface area contributed by atoms with Crippen molar-refractivity contribution in [3.05, 3.63) is 23.2 Å². The van der Waals surface area contributed by atoms with Crippen molar-refractivity contribution in [1.29, 1.82) is 0 Å². The molecule has 0 aliphatic heterocycles. The fraction of sp³-hybridized carbons (Fsp3) is 0.417. The molecule has 0 aliphatic rings. The van der Waals surface area contributed by atoms with E-state index in [1.807, 2.05) is 12.1 Å². The van der Waals surface area contributed by atoms with Crippen molar-refractivity contribution in [2.24, 2.45) is 5.41 Å². The van der Waals surface area contributed by atoms with E-state index in [0.717, 1.165) is 5.56 Å². The molecule has 1 aromatic heterocycles. The second-order valence-electron chi connectivity index (χ2n) is 5.43. The number of rotatable bonds is 2. The second-order valence-corrected chi connectivity index (χ2v) is 5.81. The van der Waals surface area contributed by atoms with E-state index in [2.05, 4.69) is 36.3 Å². The molecule has 0 radical (unpaired) electrons. The van der Waals surface area contributed by atoms with Gasteiger partial charge in [-0.25, -0.2) is 4.68 Å². The van der Waals surface area contributed by atoms with Crippen LogP contribution in [0.3, 0.4) is 0 Å². The molecule has 0 saturated carbocycles. The monoisotopic (exact) mass is 265 g/mol. The van der Waals surface area contributed by atoms with Crippen LogP contribution in [-0.2, 0) is 6.54 Å². The lowest BCUT2D eigenvalue weighted by atomic mass is 9.97. The third kappa shape index (κ3) is 2.61. The lowest BCUT2D eigenvalue weighted by Gasteiger charge is -2.18. The predicted octanol–water partition coefficient (Wildman–Crippen LogP) is 2.62. The molecule has 6 heteroatoms. The van der Waals surface area contributed by atoms with Crippen LogP contribution in [0.4, 0.5) is 5.69 Å². The Labute approximate surface area is 111 Å². The number of benzene rings is 1. The van der Waals surface area contributed by atoms with Gasteiger partial charge in [0.05, 0.1) is 10.7 Å². The van der Waals surface area contributed by atoms with Gasteiger partial charge in [0, 0.05) is 12.1 Å². The average molecular weight is 266 g/mol. The number of aromatic nitrogens is 4. The Balaban J connectivity index is 2.46. The van der Waals surface area contributed by atoms with Crippen LogP contribution < -0.4 is 5.73 Å². The van der Waals surface area contributed by atoms with Crippen LogP contribution in [-0.4, -0.2) is 20.2 Å². The lowest BCUT2D eigenvalue weighted by molar-refractivity contribution is 0.323. The molecule has 5 nitrogen and oxygen atoms in total. The molecule has 2 aromatic rings. The Hall–Kier alpha value is -1.62. The van der Waals surface area contributed by atoms with Gasteiger partial charge in [-0.2, -0.15) is 0 Å². The number of nitrogen functional groups attached to an aromatic ring is 1. The van der Waals surface area contributed by atoms with Crippen molar-refractivity contribution in [2.75, 3.05) is 5.73 Å². The van der Waals surface area contributed by atoms with Gasteiger partial charge in [0.25, 0.3) is 0 Å². The van der Waals surface area contributed by atoms with Gasteiger partial charge in [-0.1, -0.05) is 38.4 Å². The van der Waals surface area contributed by atoms with Crippen molar-refractivity contribution >= 4 is 17.3 Å².